The van der Waals surface area contributed by atoms with Crippen LogP contribution in [0.5, 0.6) is 5.75 Å². The van der Waals surface area contributed by atoms with Crippen molar-refractivity contribution in [1.29, 1.82) is 0 Å². The van der Waals surface area contributed by atoms with Gasteiger partial charge in [0, 0.05) is 30.4 Å². The number of halogens is 2. The first kappa shape index (κ1) is 27.0. The molecule has 1 saturated heterocycles. The zero-order valence-corrected chi connectivity index (χ0v) is 20.8. The third-order valence-corrected chi connectivity index (χ3v) is 6.37. The van der Waals surface area contributed by atoms with Crippen molar-refractivity contribution >= 4 is 34.7 Å². The second-order valence-electron chi connectivity index (χ2n) is 7.61. The average Bonchev–Trinajstić information content (AvgIpc) is 3.29. The highest BCUT2D eigenvalue weighted by molar-refractivity contribution is 7.90. The molecule has 2 aromatic carbocycles. The summed E-state index contributed by atoms with van der Waals surface area (Å²) < 4.78 is 30.7. The summed E-state index contributed by atoms with van der Waals surface area (Å²) in [5, 5.41) is 18.1. The van der Waals surface area contributed by atoms with Crippen molar-refractivity contribution in [3.8, 4) is 11.4 Å². The molecule has 2 atom stereocenters. The molecule has 0 bridgehead atoms. The van der Waals surface area contributed by atoms with Crippen LogP contribution in [0.3, 0.4) is 0 Å². The zero-order valence-electron chi connectivity index (χ0n) is 18.3. The molecule has 0 amide bonds. The third kappa shape index (κ3) is 6.21. The largest absolute Gasteiger partial charge is 0.496 e. The molecular weight excluding hydrogens is 487 g/mol. The van der Waals surface area contributed by atoms with Crippen LogP contribution in [0.2, 0.25) is 0 Å². The number of nitrogens with one attached hydrogen (secondary N) is 2. The predicted molar refractivity (Wildman–Crippen MR) is 130 cm³/mol. The summed E-state index contributed by atoms with van der Waals surface area (Å²) in [5.74, 6) is 0.713. The van der Waals surface area contributed by atoms with Crippen LogP contribution >= 0.6 is 24.8 Å². The van der Waals surface area contributed by atoms with Gasteiger partial charge in [0.2, 0.25) is 9.84 Å². The lowest BCUT2D eigenvalue weighted by Crippen LogP contribution is -2.45. The molecule has 4 rings (SSSR count). The van der Waals surface area contributed by atoms with E-state index in [1.165, 1.54) is 10.2 Å². The zero-order chi connectivity index (χ0) is 21.8. The van der Waals surface area contributed by atoms with Gasteiger partial charge in [-0.1, -0.05) is 35.4 Å². The van der Waals surface area contributed by atoms with Crippen LogP contribution in [-0.2, 0) is 16.4 Å². The van der Waals surface area contributed by atoms with Gasteiger partial charge in [-0.2, -0.15) is 4.68 Å². The number of methoxy groups -OCH3 is 1. The van der Waals surface area contributed by atoms with E-state index in [4.69, 9.17) is 4.74 Å². The van der Waals surface area contributed by atoms with E-state index in [2.05, 4.69) is 50.4 Å². The van der Waals surface area contributed by atoms with E-state index in [-0.39, 0.29) is 42.1 Å². The molecule has 1 aromatic heterocycles. The Morgan fingerprint density at radius 3 is 2.64 bits per heavy atom. The van der Waals surface area contributed by atoms with Gasteiger partial charge in [-0.25, -0.2) is 8.42 Å². The number of ether oxygens (including phenoxy) is 1. The Morgan fingerprint density at radius 1 is 1.18 bits per heavy atom. The van der Waals surface area contributed by atoms with E-state index in [1.807, 2.05) is 12.1 Å². The second-order valence-corrected chi connectivity index (χ2v) is 9.52. The monoisotopic (exact) mass is 514 g/mol. The standard InChI is InChI=1S/C21H26N6O3S.2ClH/c1-30-19-11-10-17(27-21(24-25-26-27)31(2,28)29)13-16(19)14-23-18-9-6-12-22-20(18)15-7-4-3-5-8-15;;/h3-5,7-8,10-11,13,18,20,22-23H,6,9,12,14H2,1-2H3;2*1H. The van der Waals surface area contributed by atoms with Gasteiger partial charge in [0.05, 0.1) is 12.8 Å². The fraction of sp³-hybridized carbons (Fsp3) is 0.381. The molecule has 2 N–H and O–H groups in total. The van der Waals surface area contributed by atoms with E-state index < -0.39 is 9.84 Å². The molecule has 180 valence electrons. The number of rotatable bonds is 7. The van der Waals surface area contributed by atoms with Crippen molar-refractivity contribution in [2.75, 3.05) is 19.9 Å². The van der Waals surface area contributed by atoms with E-state index in [0.717, 1.165) is 31.2 Å². The summed E-state index contributed by atoms with van der Waals surface area (Å²) in [5.41, 5.74) is 2.71. The summed E-state index contributed by atoms with van der Waals surface area (Å²) in [6.07, 6.45) is 3.24. The Labute approximate surface area is 206 Å². The smallest absolute Gasteiger partial charge is 0.272 e. The quantitative estimate of drug-likeness (QED) is 0.494. The van der Waals surface area contributed by atoms with Crippen molar-refractivity contribution in [1.82, 2.24) is 30.8 Å². The first-order chi connectivity index (χ1) is 15.0. The van der Waals surface area contributed by atoms with Crippen LogP contribution in [-0.4, -0.2) is 54.6 Å². The van der Waals surface area contributed by atoms with Crippen LogP contribution in [0.15, 0.2) is 53.7 Å². The van der Waals surface area contributed by atoms with Crippen LogP contribution in [0.1, 0.15) is 30.0 Å². The second kappa shape index (κ2) is 11.8. The minimum atomic E-state index is -3.56. The molecule has 1 aliphatic rings. The molecule has 9 nitrogen and oxygen atoms in total. The lowest BCUT2D eigenvalue weighted by atomic mass is 9.92. The number of hydrogen-bond acceptors (Lipinski definition) is 8. The lowest BCUT2D eigenvalue weighted by molar-refractivity contribution is 0.303. The van der Waals surface area contributed by atoms with Crippen molar-refractivity contribution in [2.24, 2.45) is 0 Å². The van der Waals surface area contributed by atoms with Gasteiger partial charge < -0.3 is 15.4 Å². The highest BCUT2D eigenvalue weighted by atomic mass is 35.5. The molecule has 0 radical (unpaired) electrons. The summed E-state index contributed by atoms with van der Waals surface area (Å²) >= 11 is 0. The maximum absolute atomic E-state index is 12.0. The average molecular weight is 515 g/mol. The Kier molecular flexibility index (Phi) is 9.62. The van der Waals surface area contributed by atoms with Crippen LogP contribution in [0, 0.1) is 0 Å². The van der Waals surface area contributed by atoms with Crippen molar-refractivity contribution in [3.05, 3.63) is 59.7 Å². The van der Waals surface area contributed by atoms with Crippen molar-refractivity contribution in [2.45, 2.75) is 36.6 Å². The van der Waals surface area contributed by atoms with E-state index in [1.54, 1.807) is 19.2 Å². The molecule has 2 heterocycles. The third-order valence-electron chi connectivity index (χ3n) is 5.45. The lowest BCUT2D eigenvalue weighted by Gasteiger charge is -2.34. The molecule has 2 unspecified atom stereocenters. The van der Waals surface area contributed by atoms with E-state index in [0.29, 0.717) is 18.0 Å². The van der Waals surface area contributed by atoms with E-state index >= 15 is 0 Å². The highest BCUT2D eigenvalue weighted by Gasteiger charge is 2.26. The molecule has 3 aromatic rings. The summed E-state index contributed by atoms with van der Waals surface area (Å²) in [6, 6.07) is 16.3. The summed E-state index contributed by atoms with van der Waals surface area (Å²) in [7, 11) is -1.94. The SMILES string of the molecule is COc1ccc(-n2nnnc2S(C)(=O)=O)cc1CNC1CCCNC1c1ccccc1.Cl.Cl. The first-order valence-corrected chi connectivity index (χ1v) is 12.0. The van der Waals surface area contributed by atoms with Crippen LogP contribution in [0.25, 0.3) is 5.69 Å². The van der Waals surface area contributed by atoms with Gasteiger partial charge in [-0.15, -0.1) is 24.8 Å². The van der Waals surface area contributed by atoms with Gasteiger partial charge >= 0.3 is 0 Å². The number of benzene rings is 2. The Hall–Kier alpha value is -2.24. The summed E-state index contributed by atoms with van der Waals surface area (Å²) in [4.78, 5) is 0. The minimum absolute atomic E-state index is 0. The van der Waals surface area contributed by atoms with Gasteiger partial charge in [0.1, 0.15) is 5.75 Å². The molecular formula is C21H28Cl2N6O3S. The topological polar surface area (TPSA) is 111 Å². The maximum Gasteiger partial charge on any atom is 0.272 e. The van der Waals surface area contributed by atoms with Crippen LogP contribution < -0.4 is 15.4 Å². The van der Waals surface area contributed by atoms with Crippen molar-refractivity contribution in [3.63, 3.8) is 0 Å². The highest BCUT2D eigenvalue weighted by Crippen LogP contribution is 2.26. The van der Waals surface area contributed by atoms with Gasteiger partial charge in [-0.3, -0.25) is 0 Å². The Bertz CT molecular complexity index is 1140. The summed E-state index contributed by atoms with van der Waals surface area (Å²) in [6.45, 7) is 1.55. The van der Waals surface area contributed by atoms with E-state index in [9.17, 15) is 8.42 Å². The molecule has 33 heavy (non-hydrogen) atoms. The van der Waals surface area contributed by atoms with Gasteiger partial charge in [0.25, 0.3) is 5.16 Å². The number of tetrazole rings is 1. The molecule has 1 aliphatic heterocycles. The van der Waals surface area contributed by atoms with Crippen LogP contribution in [0.4, 0.5) is 0 Å². The first-order valence-electron chi connectivity index (χ1n) is 10.1. The van der Waals surface area contributed by atoms with Gasteiger partial charge in [0.15, 0.2) is 0 Å². The Morgan fingerprint density at radius 2 is 1.94 bits per heavy atom. The van der Waals surface area contributed by atoms with Gasteiger partial charge in [-0.05, 0) is 53.6 Å². The molecule has 0 saturated carbocycles. The number of sulfone groups is 1. The normalized spacial score (nSPS) is 18.1. The fourth-order valence-corrected chi connectivity index (χ4v) is 4.61. The predicted octanol–water partition coefficient (Wildman–Crippen LogP) is 2.50. The number of piperidine rings is 1. The Balaban J connectivity index is 0.00000193. The molecule has 0 aliphatic carbocycles. The number of nitrogens with zero attached hydrogens (tertiary/aromatic N) is 4. The minimum Gasteiger partial charge on any atom is -0.496 e. The number of hydrogen-bond donors (Lipinski definition) is 2. The molecule has 0 spiro atoms. The molecule has 1 fully saturated rings. The molecule has 12 heteroatoms. The maximum atomic E-state index is 12.0. The van der Waals surface area contributed by atoms with Crippen molar-refractivity contribution < 1.29 is 13.2 Å². The number of aromatic nitrogens is 4. The fourth-order valence-electron chi connectivity index (χ4n) is 3.97.